The van der Waals surface area contributed by atoms with Crippen LogP contribution >= 0.6 is 15.9 Å². The van der Waals surface area contributed by atoms with Gasteiger partial charge in [-0.05, 0) is 66.2 Å². The third kappa shape index (κ3) is 5.66. The van der Waals surface area contributed by atoms with Crippen LogP contribution in [0.25, 0.3) is 16.7 Å². The Kier molecular flexibility index (Phi) is 6.73. The van der Waals surface area contributed by atoms with E-state index in [4.69, 9.17) is 0 Å². The van der Waals surface area contributed by atoms with Crippen LogP contribution in [0.4, 0.5) is 0 Å². The van der Waals surface area contributed by atoms with Crippen LogP contribution in [0.1, 0.15) is 11.1 Å². The van der Waals surface area contributed by atoms with Crippen LogP contribution in [0.5, 0.6) is 0 Å². The number of nitrogens with zero attached hydrogens (tertiary/aromatic N) is 1. The quantitative estimate of drug-likeness (QED) is 0.477. The molecule has 0 aliphatic heterocycles. The molecule has 0 amide bonds. The molecular weight excluding hydrogens is 446 g/mol. The third-order valence-corrected chi connectivity index (χ3v) is 6.28. The van der Waals surface area contributed by atoms with Crippen molar-refractivity contribution in [2.45, 2.75) is 4.90 Å². The Hall–Kier alpha value is -2.21. The van der Waals surface area contributed by atoms with E-state index in [9.17, 15) is 8.42 Å². The third-order valence-electron chi connectivity index (χ3n) is 4.63. The van der Waals surface area contributed by atoms with Crippen LogP contribution in [-0.2, 0) is 9.84 Å². The molecule has 0 aromatic heterocycles. The fraction of sp³-hybridized carbons (Fsp3) is 0.167. The van der Waals surface area contributed by atoms with E-state index in [0.29, 0.717) is 4.90 Å². The lowest BCUT2D eigenvalue weighted by atomic mass is 9.95. The van der Waals surface area contributed by atoms with Crippen molar-refractivity contribution in [3.05, 3.63) is 94.5 Å². The Balaban J connectivity index is 1.97. The zero-order valence-corrected chi connectivity index (χ0v) is 19.2. The van der Waals surface area contributed by atoms with E-state index < -0.39 is 9.84 Å². The molecule has 0 saturated carbocycles. The highest BCUT2D eigenvalue weighted by atomic mass is 79.9. The predicted molar refractivity (Wildman–Crippen MR) is 125 cm³/mol. The van der Waals surface area contributed by atoms with Crippen molar-refractivity contribution in [3.63, 3.8) is 0 Å². The van der Waals surface area contributed by atoms with Gasteiger partial charge in [-0.2, -0.15) is 0 Å². The zero-order valence-electron chi connectivity index (χ0n) is 16.8. The minimum Gasteiger partial charge on any atom is -0.306 e. The summed E-state index contributed by atoms with van der Waals surface area (Å²) in [5.74, 6) is 0. The Bertz CT molecular complexity index is 1100. The molecule has 0 saturated heterocycles. The standard InChI is InChI=1S/C24H24BrNO2S/c1-26(2)17-16-24(21-10-14-23(15-11-21)29(3,27)28)20-6-4-18(5-7-20)19-8-12-22(25)13-9-19/h4-16H,17H2,1-3H3/b24-16-. The first-order chi connectivity index (χ1) is 13.7. The van der Waals surface area contributed by atoms with Gasteiger partial charge in [-0.3, -0.25) is 0 Å². The Labute approximate surface area is 181 Å². The number of hydrogen-bond donors (Lipinski definition) is 0. The summed E-state index contributed by atoms with van der Waals surface area (Å²) in [5, 5.41) is 0. The molecule has 3 rings (SSSR count). The molecule has 0 N–H and O–H groups in total. The van der Waals surface area contributed by atoms with Crippen LogP contribution in [0.3, 0.4) is 0 Å². The van der Waals surface area contributed by atoms with Gasteiger partial charge in [-0.15, -0.1) is 0 Å². The Morgan fingerprint density at radius 3 is 1.72 bits per heavy atom. The molecule has 5 heteroatoms. The van der Waals surface area contributed by atoms with Crippen LogP contribution < -0.4 is 0 Å². The minimum atomic E-state index is -3.21. The highest BCUT2D eigenvalue weighted by Crippen LogP contribution is 2.28. The number of sulfone groups is 1. The number of benzene rings is 3. The van der Waals surface area contributed by atoms with E-state index in [-0.39, 0.29) is 0 Å². The maximum atomic E-state index is 11.8. The molecule has 0 bridgehead atoms. The summed E-state index contributed by atoms with van der Waals surface area (Å²) in [5.41, 5.74) is 5.49. The molecule has 150 valence electrons. The summed E-state index contributed by atoms with van der Waals surface area (Å²) in [7, 11) is 0.845. The maximum absolute atomic E-state index is 11.8. The lowest BCUT2D eigenvalue weighted by Gasteiger charge is -2.13. The first-order valence-electron chi connectivity index (χ1n) is 9.26. The second-order valence-electron chi connectivity index (χ2n) is 7.26. The van der Waals surface area contributed by atoms with Crippen LogP contribution in [0.15, 0.2) is 88.2 Å². The van der Waals surface area contributed by atoms with Gasteiger partial charge in [-0.25, -0.2) is 8.42 Å². The van der Waals surface area contributed by atoms with Crippen molar-refractivity contribution in [1.82, 2.24) is 4.90 Å². The summed E-state index contributed by atoms with van der Waals surface area (Å²) >= 11 is 3.47. The van der Waals surface area contributed by atoms with Crippen molar-refractivity contribution in [3.8, 4) is 11.1 Å². The largest absolute Gasteiger partial charge is 0.306 e. The number of rotatable bonds is 6. The summed E-state index contributed by atoms with van der Waals surface area (Å²) < 4.78 is 24.6. The van der Waals surface area contributed by atoms with Gasteiger partial charge in [0.1, 0.15) is 0 Å². The van der Waals surface area contributed by atoms with E-state index in [1.165, 1.54) is 6.26 Å². The topological polar surface area (TPSA) is 37.4 Å². The Morgan fingerprint density at radius 2 is 1.28 bits per heavy atom. The van der Waals surface area contributed by atoms with Crippen molar-refractivity contribution in [2.75, 3.05) is 26.9 Å². The second kappa shape index (κ2) is 9.08. The van der Waals surface area contributed by atoms with Gasteiger partial charge < -0.3 is 4.90 Å². The molecule has 3 aromatic rings. The molecule has 3 nitrogen and oxygen atoms in total. The molecule has 29 heavy (non-hydrogen) atoms. The predicted octanol–water partition coefficient (Wildman–Crippen LogP) is 5.51. The average Bonchev–Trinajstić information content (AvgIpc) is 2.69. The molecule has 0 fully saturated rings. The summed E-state index contributed by atoms with van der Waals surface area (Å²) in [4.78, 5) is 2.43. The summed E-state index contributed by atoms with van der Waals surface area (Å²) in [6.45, 7) is 0.789. The summed E-state index contributed by atoms with van der Waals surface area (Å²) in [6.07, 6.45) is 3.40. The highest BCUT2D eigenvalue weighted by molar-refractivity contribution is 9.10. The van der Waals surface area contributed by atoms with Gasteiger partial charge in [-0.1, -0.05) is 70.5 Å². The van der Waals surface area contributed by atoms with E-state index in [1.807, 2.05) is 38.4 Å². The Morgan fingerprint density at radius 1 is 0.828 bits per heavy atom. The lowest BCUT2D eigenvalue weighted by molar-refractivity contribution is 0.457. The van der Waals surface area contributed by atoms with Gasteiger partial charge in [0.05, 0.1) is 4.90 Å². The maximum Gasteiger partial charge on any atom is 0.175 e. The van der Waals surface area contributed by atoms with E-state index in [0.717, 1.165) is 38.8 Å². The number of halogens is 1. The molecule has 0 radical (unpaired) electrons. The fourth-order valence-corrected chi connectivity index (χ4v) is 3.94. The monoisotopic (exact) mass is 469 g/mol. The van der Waals surface area contributed by atoms with E-state index in [2.05, 4.69) is 63.3 Å². The van der Waals surface area contributed by atoms with Crippen molar-refractivity contribution in [1.29, 1.82) is 0 Å². The molecular formula is C24H24BrNO2S. The number of hydrogen-bond acceptors (Lipinski definition) is 3. The summed E-state index contributed by atoms with van der Waals surface area (Å²) in [6, 6.07) is 23.8. The second-order valence-corrected chi connectivity index (χ2v) is 10.2. The van der Waals surface area contributed by atoms with Gasteiger partial charge in [0.25, 0.3) is 0 Å². The normalized spacial score (nSPS) is 12.4. The lowest BCUT2D eigenvalue weighted by Crippen LogP contribution is -2.11. The molecule has 0 spiro atoms. The van der Waals surface area contributed by atoms with Gasteiger partial charge in [0.15, 0.2) is 9.84 Å². The molecule has 0 aliphatic carbocycles. The van der Waals surface area contributed by atoms with Gasteiger partial charge in [0, 0.05) is 17.3 Å². The first-order valence-corrected chi connectivity index (χ1v) is 11.9. The highest BCUT2D eigenvalue weighted by Gasteiger charge is 2.10. The molecule has 0 atom stereocenters. The minimum absolute atomic E-state index is 0.332. The number of likely N-dealkylation sites (N-methyl/N-ethyl adjacent to an activating group) is 1. The van der Waals surface area contributed by atoms with Crippen molar-refractivity contribution in [2.24, 2.45) is 0 Å². The molecule has 3 aromatic carbocycles. The van der Waals surface area contributed by atoms with Crippen LogP contribution in [0, 0.1) is 0 Å². The fourth-order valence-electron chi connectivity index (χ4n) is 3.04. The first kappa shape index (κ1) is 21.5. The smallest absolute Gasteiger partial charge is 0.175 e. The molecule has 0 unspecified atom stereocenters. The van der Waals surface area contributed by atoms with Gasteiger partial charge >= 0.3 is 0 Å². The van der Waals surface area contributed by atoms with Gasteiger partial charge in [0.2, 0.25) is 0 Å². The van der Waals surface area contributed by atoms with Crippen LogP contribution in [-0.4, -0.2) is 40.2 Å². The average molecular weight is 470 g/mol. The van der Waals surface area contributed by atoms with Crippen molar-refractivity contribution >= 4 is 31.3 Å². The van der Waals surface area contributed by atoms with E-state index in [1.54, 1.807) is 12.1 Å². The van der Waals surface area contributed by atoms with Crippen molar-refractivity contribution < 1.29 is 8.42 Å². The van der Waals surface area contributed by atoms with E-state index >= 15 is 0 Å². The molecule has 0 aliphatic rings. The zero-order chi connectivity index (χ0) is 21.0. The van der Waals surface area contributed by atoms with Crippen LogP contribution in [0.2, 0.25) is 0 Å². The molecule has 0 heterocycles. The SMILES string of the molecule is CN(C)C/C=C(/c1ccc(-c2ccc(Br)cc2)cc1)c1ccc(S(C)(=O)=O)cc1.